The molecule has 1 N–H and O–H groups in total. The van der Waals surface area contributed by atoms with Gasteiger partial charge in [0.1, 0.15) is 5.56 Å². The zero-order chi connectivity index (χ0) is 21.8. The van der Waals surface area contributed by atoms with Crippen LogP contribution in [0.25, 0.3) is 22.4 Å². The molecule has 1 aliphatic heterocycles. The molecule has 4 rings (SSSR count). The molecule has 1 saturated heterocycles. The lowest BCUT2D eigenvalue weighted by molar-refractivity contribution is -0.149. The number of hydroxylamine groups is 2. The van der Waals surface area contributed by atoms with E-state index in [9.17, 15) is 9.59 Å². The largest absolute Gasteiger partial charge is 0.338 e. The van der Waals surface area contributed by atoms with Gasteiger partial charge in [-0.3, -0.25) is 9.59 Å². The summed E-state index contributed by atoms with van der Waals surface area (Å²) in [6.45, 7) is 1.13. The van der Waals surface area contributed by atoms with Crippen LogP contribution in [0.4, 0.5) is 0 Å². The smallest absolute Gasteiger partial charge is 0.277 e. The number of nitrogens with zero attached hydrogens (tertiary/aromatic N) is 3. The van der Waals surface area contributed by atoms with Crippen LogP contribution in [0.5, 0.6) is 0 Å². The minimum atomic E-state index is -0.473. The highest BCUT2D eigenvalue weighted by Gasteiger charge is 2.30. The number of aromatic amines is 1. The van der Waals surface area contributed by atoms with Gasteiger partial charge in [0, 0.05) is 37.3 Å². The number of H-pyrrole nitrogens is 1. The molecule has 0 atom stereocenters. The summed E-state index contributed by atoms with van der Waals surface area (Å²) < 4.78 is 0. The van der Waals surface area contributed by atoms with Crippen molar-refractivity contribution in [2.45, 2.75) is 18.9 Å². The van der Waals surface area contributed by atoms with Crippen LogP contribution in [0, 0.1) is 0 Å². The third-order valence-corrected chi connectivity index (χ3v) is 5.86. The Hall–Kier alpha value is -3.29. The standard InChI is InChI=1S/C24H26N4O3/c1-27(31-2)19-13-15-28(16-14-19)24(30)21-20(17-9-5-3-6-10-17)22(25-26-23(21)29)18-11-7-4-8-12-18/h3-12,19H,13-16H2,1-2H3,(H,26,29). The Balaban J connectivity index is 1.77. The third-order valence-electron chi connectivity index (χ3n) is 5.86. The van der Waals surface area contributed by atoms with E-state index in [0.29, 0.717) is 24.3 Å². The number of likely N-dealkylation sites (tertiary alicyclic amines) is 1. The monoisotopic (exact) mass is 418 g/mol. The Kier molecular flexibility index (Phi) is 6.25. The molecule has 0 bridgehead atoms. The maximum atomic E-state index is 13.6. The first-order chi connectivity index (χ1) is 15.1. The van der Waals surface area contributed by atoms with Gasteiger partial charge < -0.3 is 9.74 Å². The number of benzene rings is 2. The molecule has 7 heteroatoms. The number of carbonyl (C=O) groups excluding carboxylic acids is 1. The number of nitrogens with one attached hydrogen (secondary N) is 1. The summed E-state index contributed by atoms with van der Waals surface area (Å²) in [4.78, 5) is 33.5. The Bertz CT molecular complexity index is 1090. The Labute approximate surface area is 181 Å². The first kappa shape index (κ1) is 21.0. The Morgan fingerprint density at radius 1 is 1.03 bits per heavy atom. The summed E-state index contributed by atoms with van der Waals surface area (Å²) >= 11 is 0. The van der Waals surface area contributed by atoms with Gasteiger partial charge >= 0.3 is 0 Å². The van der Waals surface area contributed by atoms with Gasteiger partial charge in [-0.2, -0.15) is 10.2 Å². The highest BCUT2D eigenvalue weighted by atomic mass is 16.7. The van der Waals surface area contributed by atoms with Crippen LogP contribution >= 0.6 is 0 Å². The van der Waals surface area contributed by atoms with E-state index in [-0.39, 0.29) is 17.5 Å². The van der Waals surface area contributed by atoms with Crippen LogP contribution in [0.2, 0.25) is 0 Å². The summed E-state index contributed by atoms with van der Waals surface area (Å²) in [5.41, 5.74) is 2.45. The lowest BCUT2D eigenvalue weighted by Crippen LogP contribution is -2.46. The molecule has 0 saturated carbocycles. The van der Waals surface area contributed by atoms with Crippen molar-refractivity contribution in [1.82, 2.24) is 20.2 Å². The van der Waals surface area contributed by atoms with Crippen LogP contribution in [-0.2, 0) is 4.84 Å². The summed E-state index contributed by atoms with van der Waals surface area (Å²) in [6, 6.07) is 19.3. The average Bonchev–Trinajstić information content (AvgIpc) is 2.84. The fourth-order valence-corrected chi connectivity index (χ4v) is 4.08. The summed E-state index contributed by atoms with van der Waals surface area (Å²) in [5.74, 6) is -0.266. The zero-order valence-electron chi connectivity index (χ0n) is 17.7. The molecule has 3 aromatic rings. The highest BCUT2D eigenvalue weighted by molar-refractivity contribution is 6.03. The van der Waals surface area contributed by atoms with Crippen molar-refractivity contribution >= 4 is 5.91 Å². The molecule has 1 fully saturated rings. The summed E-state index contributed by atoms with van der Waals surface area (Å²) in [5, 5.41) is 8.70. The molecule has 0 radical (unpaired) electrons. The topological polar surface area (TPSA) is 78.5 Å². The number of hydrogen-bond donors (Lipinski definition) is 1. The predicted molar refractivity (Wildman–Crippen MR) is 119 cm³/mol. The minimum Gasteiger partial charge on any atom is -0.338 e. The molecule has 1 aromatic heterocycles. The Morgan fingerprint density at radius 2 is 1.61 bits per heavy atom. The van der Waals surface area contributed by atoms with Gasteiger partial charge in [0.15, 0.2) is 0 Å². The van der Waals surface area contributed by atoms with E-state index >= 15 is 0 Å². The molecular weight excluding hydrogens is 392 g/mol. The van der Waals surface area contributed by atoms with E-state index < -0.39 is 5.56 Å². The fraction of sp³-hybridized carbons (Fsp3) is 0.292. The molecule has 0 aliphatic carbocycles. The van der Waals surface area contributed by atoms with Gasteiger partial charge in [0.25, 0.3) is 11.5 Å². The SMILES string of the molecule is CON(C)C1CCN(C(=O)c2c(-c3ccccc3)c(-c3ccccc3)n[nH]c2=O)CC1. The summed E-state index contributed by atoms with van der Waals surface area (Å²) in [7, 11) is 3.54. The highest BCUT2D eigenvalue weighted by Crippen LogP contribution is 2.32. The first-order valence-corrected chi connectivity index (χ1v) is 10.4. The van der Waals surface area contributed by atoms with E-state index in [4.69, 9.17) is 4.84 Å². The number of hydrogen-bond acceptors (Lipinski definition) is 5. The molecule has 2 heterocycles. The maximum Gasteiger partial charge on any atom is 0.277 e. The molecule has 1 aliphatic rings. The van der Waals surface area contributed by atoms with Crippen LogP contribution < -0.4 is 5.56 Å². The van der Waals surface area contributed by atoms with Gasteiger partial charge in [-0.1, -0.05) is 60.7 Å². The number of piperidine rings is 1. The van der Waals surface area contributed by atoms with Crippen LogP contribution in [0.1, 0.15) is 23.2 Å². The average molecular weight is 418 g/mol. The van der Waals surface area contributed by atoms with Gasteiger partial charge in [0.2, 0.25) is 0 Å². The third kappa shape index (κ3) is 4.28. The molecule has 0 spiro atoms. The van der Waals surface area contributed by atoms with Crippen molar-refractivity contribution in [2.24, 2.45) is 0 Å². The van der Waals surface area contributed by atoms with Gasteiger partial charge in [0.05, 0.1) is 12.8 Å². The fourth-order valence-electron chi connectivity index (χ4n) is 4.08. The normalized spacial score (nSPS) is 14.7. The van der Waals surface area contributed by atoms with Crippen LogP contribution in [0.3, 0.4) is 0 Å². The second kappa shape index (κ2) is 9.24. The number of rotatable bonds is 5. The molecule has 31 heavy (non-hydrogen) atoms. The maximum absolute atomic E-state index is 13.6. The first-order valence-electron chi connectivity index (χ1n) is 10.4. The van der Waals surface area contributed by atoms with Crippen molar-refractivity contribution in [2.75, 3.05) is 27.2 Å². The van der Waals surface area contributed by atoms with Gasteiger partial charge in [-0.05, 0) is 18.4 Å². The van der Waals surface area contributed by atoms with E-state index in [1.165, 1.54) is 0 Å². The van der Waals surface area contributed by atoms with E-state index in [1.54, 1.807) is 12.0 Å². The molecule has 0 unspecified atom stereocenters. The van der Waals surface area contributed by atoms with Crippen molar-refractivity contribution < 1.29 is 9.63 Å². The van der Waals surface area contributed by atoms with Crippen molar-refractivity contribution in [1.29, 1.82) is 0 Å². The van der Waals surface area contributed by atoms with E-state index in [0.717, 1.165) is 24.0 Å². The van der Waals surface area contributed by atoms with Gasteiger partial charge in [-0.25, -0.2) is 5.10 Å². The van der Waals surface area contributed by atoms with Crippen molar-refractivity contribution in [3.05, 3.63) is 76.6 Å². The molecule has 160 valence electrons. The lowest BCUT2D eigenvalue weighted by atomic mass is 9.94. The molecule has 7 nitrogen and oxygen atoms in total. The molecule has 1 amide bonds. The second-order valence-corrected chi connectivity index (χ2v) is 7.64. The second-order valence-electron chi connectivity index (χ2n) is 7.64. The van der Waals surface area contributed by atoms with E-state index in [1.807, 2.05) is 72.8 Å². The predicted octanol–water partition coefficient (Wildman–Crippen LogP) is 3.20. The zero-order valence-corrected chi connectivity index (χ0v) is 17.7. The van der Waals surface area contributed by atoms with Gasteiger partial charge in [-0.15, -0.1) is 0 Å². The van der Waals surface area contributed by atoms with Crippen LogP contribution in [0.15, 0.2) is 65.5 Å². The minimum absolute atomic E-state index is 0.138. The quantitative estimate of drug-likeness (QED) is 0.644. The van der Waals surface area contributed by atoms with Crippen LogP contribution in [-0.4, -0.2) is 59.4 Å². The molecular formula is C24H26N4O3. The lowest BCUT2D eigenvalue weighted by Gasteiger charge is -2.35. The number of aromatic nitrogens is 2. The number of carbonyl (C=O) groups is 1. The Morgan fingerprint density at radius 3 is 2.19 bits per heavy atom. The van der Waals surface area contributed by atoms with Crippen molar-refractivity contribution in [3.63, 3.8) is 0 Å². The summed E-state index contributed by atoms with van der Waals surface area (Å²) in [6.07, 6.45) is 1.57. The van der Waals surface area contributed by atoms with Crippen molar-refractivity contribution in [3.8, 4) is 22.4 Å². The molecule has 2 aromatic carbocycles. The number of amides is 1. The van der Waals surface area contributed by atoms with E-state index in [2.05, 4.69) is 10.2 Å².